The Morgan fingerprint density at radius 2 is 1.90 bits per heavy atom. The number of nitrogens with one attached hydrogen (secondary N) is 2. The Hall–Kier alpha value is -1.53. The Kier molecular flexibility index (Phi) is 13.5. The summed E-state index contributed by atoms with van der Waals surface area (Å²) in [6, 6.07) is 0. The number of nitrogens with zero attached hydrogens (tertiary/aromatic N) is 1. The van der Waals surface area contributed by atoms with Crippen molar-refractivity contribution in [3.05, 3.63) is 48.5 Å². The molecule has 0 saturated heterocycles. The van der Waals surface area contributed by atoms with Crippen molar-refractivity contribution >= 4 is 17.8 Å². The molecule has 0 aromatic rings. The summed E-state index contributed by atoms with van der Waals surface area (Å²) in [5.74, 6) is 2.11. The highest BCUT2D eigenvalue weighted by Crippen LogP contribution is 2.28. The molecular formula is C23H38FN3OS. The van der Waals surface area contributed by atoms with Gasteiger partial charge in [0.1, 0.15) is 12.4 Å². The largest absolute Gasteiger partial charge is 0.487 e. The fourth-order valence-electron chi connectivity index (χ4n) is 3.21. The molecule has 29 heavy (non-hydrogen) atoms. The first-order valence-electron chi connectivity index (χ1n) is 10.5. The van der Waals surface area contributed by atoms with Gasteiger partial charge in [0.05, 0.1) is 0 Å². The molecule has 0 aromatic heterocycles. The Balaban J connectivity index is 2.28. The Labute approximate surface area is 181 Å². The summed E-state index contributed by atoms with van der Waals surface area (Å²) in [6.45, 7) is 12.0. The first kappa shape index (κ1) is 25.5. The van der Waals surface area contributed by atoms with Gasteiger partial charge in [0.2, 0.25) is 0 Å². The van der Waals surface area contributed by atoms with Gasteiger partial charge in [-0.25, -0.2) is 4.39 Å². The molecule has 0 amide bonds. The third-order valence-electron chi connectivity index (χ3n) is 4.84. The van der Waals surface area contributed by atoms with Crippen molar-refractivity contribution in [2.45, 2.75) is 51.7 Å². The Morgan fingerprint density at radius 1 is 1.24 bits per heavy atom. The van der Waals surface area contributed by atoms with Crippen LogP contribution >= 0.6 is 11.9 Å². The molecule has 0 spiro atoms. The molecule has 1 aliphatic rings. The van der Waals surface area contributed by atoms with Crippen LogP contribution in [0.1, 0.15) is 46.5 Å². The van der Waals surface area contributed by atoms with E-state index < -0.39 is 5.83 Å². The topological polar surface area (TPSA) is 45.6 Å². The van der Waals surface area contributed by atoms with Crippen molar-refractivity contribution in [3.63, 3.8) is 0 Å². The normalized spacial score (nSPS) is 21.7. The van der Waals surface area contributed by atoms with Crippen LogP contribution in [0.25, 0.3) is 0 Å². The summed E-state index contributed by atoms with van der Waals surface area (Å²) in [7, 11) is 1.77. The molecule has 2 N–H and O–H groups in total. The van der Waals surface area contributed by atoms with Crippen LogP contribution in [0.5, 0.6) is 0 Å². The molecule has 0 aliphatic heterocycles. The van der Waals surface area contributed by atoms with Crippen LogP contribution in [0.3, 0.4) is 0 Å². The lowest BCUT2D eigenvalue weighted by atomic mass is 9.82. The third-order valence-corrected chi connectivity index (χ3v) is 5.65. The third kappa shape index (κ3) is 11.3. The van der Waals surface area contributed by atoms with E-state index in [1.54, 1.807) is 20.0 Å². The van der Waals surface area contributed by atoms with Crippen LogP contribution in [0.15, 0.2) is 53.5 Å². The molecule has 1 saturated carbocycles. The van der Waals surface area contributed by atoms with Gasteiger partial charge < -0.3 is 10.1 Å². The molecule has 1 rings (SSSR count). The monoisotopic (exact) mass is 423 g/mol. The SMILES string of the molecule is C=C/C=C(F)\C(=C/C)OC/C=C\C(=NC)NCC1CCC(CNSC(C)C)CC1. The lowest BCUT2D eigenvalue weighted by molar-refractivity contribution is 0.242. The fraction of sp³-hybridized carbons (Fsp3) is 0.609. The molecule has 6 heteroatoms. The predicted octanol–water partition coefficient (Wildman–Crippen LogP) is 5.57. The highest BCUT2D eigenvalue weighted by Gasteiger charge is 2.21. The first-order valence-corrected chi connectivity index (χ1v) is 11.4. The second-order valence-corrected chi connectivity index (χ2v) is 8.98. The zero-order valence-electron chi connectivity index (χ0n) is 18.4. The van der Waals surface area contributed by atoms with Crippen molar-refractivity contribution < 1.29 is 9.13 Å². The molecule has 4 nitrogen and oxygen atoms in total. The van der Waals surface area contributed by atoms with Crippen LogP contribution in [-0.2, 0) is 4.74 Å². The minimum absolute atomic E-state index is 0.218. The molecule has 1 fully saturated rings. The second kappa shape index (κ2) is 15.3. The number of allylic oxidation sites excluding steroid dienone is 4. The lowest BCUT2D eigenvalue weighted by Crippen LogP contribution is -2.32. The minimum Gasteiger partial charge on any atom is -0.487 e. The summed E-state index contributed by atoms with van der Waals surface area (Å²) in [5.41, 5.74) is 0. The molecule has 0 unspecified atom stereocenters. The van der Waals surface area contributed by atoms with Gasteiger partial charge in [-0.15, -0.1) is 0 Å². The van der Waals surface area contributed by atoms with Gasteiger partial charge in [-0.3, -0.25) is 9.71 Å². The maximum absolute atomic E-state index is 13.7. The fourth-order valence-corrected chi connectivity index (χ4v) is 3.87. The van der Waals surface area contributed by atoms with Crippen LogP contribution in [0, 0.1) is 11.8 Å². The van der Waals surface area contributed by atoms with E-state index in [1.165, 1.54) is 37.8 Å². The average Bonchev–Trinajstić information content (AvgIpc) is 2.71. The zero-order chi connectivity index (χ0) is 21.5. The first-order chi connectivity index (χ1) is 14.0. The van der Waals surface area contributed by atoms with Gasteiger partial charge in [0.25, 0.3) is 0 Å². The average molecular weight is 424 g/mol. The summed E-state index contributed by atoms with van der Waals surface area (Å²) in [4.78, 5) is 4.28. The summed E-state index contributed by atoms with van der Waals surface area (Å²) in [6.07, 6.45) is 13.1. The molecular weight excluding hydrogens is 385 g/mol. The Morgan fingerprint density at radius 3 is 2.45 bits per heavy atom. The standard InChI is InChI=1S/C23H38FN3OS/c1-6-9-21(24)22(7-2)28-15-8-10-23(25-5)26-16-19-11-13-20(14-12-19)17-27-29-18(3)4/h6-10,18-20,27H,1,11-17H2,2-5H3,(H,25,26)/b10-8-,21-9+,22-7+. The van der Waals surface area contributed by atoms with Crippen LogP contribution in [0.4, 0.5) is 4.39 Å². The van der Waals surface area contributed by atoms with Gasteiger partial charge >= 0.3 is 0 Å². The van der Waals surface area contributed by atoms with E-state index in [0.29, 0.717) is 11.2 Å². The van der Waals surface area contributed by atoms with E-state index in [4.69, 9.17) is 4.74 Å². The molecule has 0 heterocycles. The highest BCUT2D eigenvalue weighted by atomic mass is 32.2. The van der Waals surface area contributed by atoms with Gasteiger partial charge in [-0.05, 0) is 68.7 Å². The Bertz CT molecular complexity index is 591. The van der Waals surface area contributed by atoms with Crippen molar-refractivity contribution in [2.24, 2.45) is 16.8 Å². The van der Waals surface area contributed by atoms with Crippen molar-refractivity contribution in [1.29, 1.82) is 0 Å². The molecule has 0 atom stereocenters. The van der Waals surface area contributed by atoms with E-state index in [1.807, 2.05) is 24.1 Å². The number of aliphatic imine (C=N–C) groups is 1. The van der Waals surface area contributed by atoms with Crippen LogP contribution < -0.4 is 10.0 Å². The van der Waals surface area contributed by atoms with Crippen molar-refractivity contribution in [2.75, 3.05) is 26.7 Å². The van der Waals surface area contributed by atoms with Gasteiger partial charge in [0, 0.05) is 25.4 Å². The number of hydrogen-bond acceptors (Lipinski definition) is 4. The zero-order valence-corrected chi connectivity index (χ0v) is 19.2. The predicted molar refractivity (Wildman–Crippen MR) is 126 cm³/mol. The van der Waals surface area contributed by atoms with Crippen molar-refractivity contribution in [1.82, 2.24) is 10.0 Å². The van der Waals surface area contributed by atoms with E-state index in [9.17, 15) is 4.39 Å². The minimum atomic E-state index is -0.424. The molecule has 164 valence electrons. The van der Waals surface area contributed by atoms with Crippen LogP contribution in [-0.4, -0.2) is 37.8 Å². The maximum Gasteiger partial charge on any atom is 0.164 e. The van der Waals surface area contributed by atoms with E-state index in [2.05, 4.69) is 35.5 Å². The van der Waals surface area contributed by atoms with Gasteiger partial charge in [0.15, 0.2) is 11.6 Å². The molecule has 1 aliphatic carbocycles. The summed E-state index contributed by atoms with van der Waals surface area (Å²) in [5, 5.41) is 4.06. The highest BCUT2D eigenvalue weighted by molar-refractivity contribution is 7.97. The molecule has 0 aromatic carbocycles. The quantitative estimate of drug-likeness (QED) is 0.142. The number of halogens is 1. The summed E-state index contributed by atoms with van der Waals surface area (Å²) < 4.78 is 22.7. The van der Waals surface area contributed by atoms with Crippen molar-refractivity contribution in [3.8, 4) is 0 Å². The van der Waals surface area contributed by atoms with Gasteiger partial charge in [-0.2, -0.15) is 0 Å². The van der Waals surface area contributed by atoms with E-state index >= 15 is 0 Å². The van der Waals surface area contributed by atoms with Gasteiger partial charge in [-0.1, -0.05) is 38.5 Å². The summed E-state index contributed by atoms with van der Waals surface area (Å²) >= 11 is 1.83. The maximum atomic E-state index is 13.7. The van der Waals surface area contributed by atoms with E-state index in [-0.39, 0.29) is 12.4 Å². The smallest absolute Gasteiger partial charge is 0.164 e. The lowest BCUT2D eigenvalue weighted by Gasteiger charge is -2.29. The number of ether oxygens (including phenoxy) is 1. The van der Waals surface area contributed by atoms with Crippen LogP contribution in [0.2, 0.25) is 0 Å². The molecule has 0 radical (unpaired) electrons. The number of hydrogen-bond donors (Lipinski definition) is 2. The van der Waals surface area contributed by atoms with E-state index in [0.717, 1.165) is 24.8 Å². The number of rotatable bonds is 12. The second-order valence-electron chi connectivity index (χ2n) is 7.51. The number of amidine groups is 1. The molecule has 0 bridgehead atoms.